The Balaban J connectivity index is 0.000000671. The highest BCUT2D eigenvalue weighted by molar-refractivity contribution is 15.0. The second kappa shape index (κ2) is 7.04. The number of hydrogen-bond donors (Lipinski definition) is 0. The SMILES string of the molecule is CCC(C)(C)c1ccccc1.II. The van der Waals surface area contributed by atoms with E-state index in [1.807, 2.05) is 0 Å². The third-order valence-electron chi connectivity index (χ3n) is 2.44. The molecule has 0 amide bonds. The van der Waals surface area contributed by atoms with Crippen LogP contribution in [0.15, 0.2) is 30.3 Å². The summed E-state index contributed by atoms with van der Waals surface area (Å²) in [5, 5.41) is 0. The summed E-state index contributed by atoms with van der Waals surface area (Å²) in [5.74, 6) is 0. The van der Waals surface area contributed by atoms with Gasteiger partial charge in [0.05, 0.1) is 0 Å². The van der Waals surface area contributed by atoms with Crippen LogP contribution in [-0.4, -0.2) is 0 Å². The molecule has 0 atom stereocenters. The third kappa shape index (κ3) is 4.63. The van der Waals surface area contributed by atoms with Crippen LogP contribution in [0.1, 0.15) is 32.8 Å². The second-order valence-electron chi connectivity index (χ2n) is 3.60. The average Bonchev–Trinajstić information content (AvgIpc) is 2.22. The van der Waals surface area contributed by atoms with Crippen LogP contribution in [0.5, 0.6) is 0 Å². The number of halogens is 2. The van der Waals surface area contributed by atoms with Gasteiger partial charge in [-0.25, -0.2) is 0 Å². The fourth-order valence-electron chi connectivity index (χ4n) is 1.09. The number of benzene rings is 1. The van der Waals surface area contributed by atoms with E-state index in [-0.39, 0.29) is 0 Å². The van der Waals surface area contributed by atoms with Crippen molar-refractivity contribution in [1.29, 1.82) is 0 Å². The van der Waals surface area contributed by atoms with E-state index in [2.05, 4.69) is 88.3 Å². The zero-order chi connectivity index (χ0) is 10.3. The molecule has 1 aromatic carbocycles. The van der Waals surface area contributed by atoms with E-state index >= 15 is 0 Å². The average molecular weight is 402 g/mol. The molecule has 0 fully saturated rings. The molecule has 0 spiro atoms. The van der Waals surface area contributed by atoms with Crippen molar-refractivity contribution in [2.45, 2.75) is 32.6 Å². The minimum Gasteiger partial charge on any atom is -0.0646 e. The molecule has 0 saturated carbocycles. The summed E-state index contributed by atoms with van der Waals surface area (Å²) in [7, 11) is 0. The first-order valence-corrected chi connectivity index (χ1v) is 10.6. The highest BCUT2D eigenvalue weighted by atomic mass is 128. The van der Waals surface area contributed by atoms with Crippen LogP contribution in [0, 0.1) is 0 Å². The van der Waals surface area contributed by atoms with Crippen molar-refractivity contribution in [1.82, 2.24) is 0 Å². The van der Waals surface area contributed by atoms with Gasteiger partial charge in [0.1, 0.15) is 0 Å². The lowest BCUT2D eigenvalue weighted by atomic mass is 9.82. The van der Waals surface area contributed by atoms with Gasteiger partial charge in [0.15, 0.2) is 0 Å². The van der Waals surface area contributed by atoms with E-state index < -0.39 is 0 Å². The van der Waals surface area contributed by atoms with Crippen molar-refractivity contribution in [3.63, 3.8) is 0 Å². The predicted octanol–water partition coefficient (Wildman–Crippen LogP) is 5.15. The maximum atomic E-state index is 2.28. The fraction of sp³-hybridized carbons (Fsp3) is 0.455. The van der Waals surface area contributed by atoms with Gasteiger partial charge in [-0.3, -0.25) is 0 Å². The van der Waals surface area contributed by atoms with Gasteiger partial charge in [0.25, 0.3) is 0 Å². The molecule has 0 radical (unpaired) electrons. The Morgan fingerprint density at radius 3 is 1.92 bits per heavy atom. The Morgan fingerprint density at radius 2 is 1.54 bits per heavy atom. The van der Waals surface area contributed by atoms with Crippen molar-refractivity contribution in [3.8, 4) is 0 Å². The van der Waals surface area contributed by atoms with Crippen LogP contribution in [0.3, 0.4) is 0 Å². The first kappa shape index (κ1) is 13.7. The summed E-state index contributed by atoms with van der Waals surface area (Å²) in [4.78, 5) is 0. The third-order valence-corrected chi connectivity index (χ3v) is 2.44. The van der Waals surface area contributed by atoms with Gasteiger partial charge in [0, 0.05) is 37.2 Å². The largest absolute Gasteiger partial charge is 0.0646 e. The topological polar surface area (TPSA) is 0 Å². The molecule has 0 nitrogen and oxygen atoms in total. The number of hydrogen-bond acceptors (Lipinski definition) is 0. The molecular weight excluding hydrogens is 386 g/mol. The molecule has 0 bridgehead atoms. The molecule has 0 aromatic heterocycles. The summed E-state index contributed by atoms with van der Waals surface area (Å²) in [6.45, 7) is 6.79. The first-order valence-electron chi connectivity index (χ1n) is 4.36. The van der Waals surface area contributed by atoms with E-state index in [1.54, 1.807) is 0 Å². The number of rotatable bonds is 2. The second-order valence-corrected chi connectivity index (χ2v) is 3.60. The Labute approximate surface area is 105 Å². The lowest BCUT2D eigenvalue weighted by Gasteiger charge is -2.22. The van der Waals surface area contributed by atoms with Crippen LogP contribution >= 0.6 is 37.2 Å². The molecule has 2 heteroatoms. The van der Waals surface area contributed by atoms with E-state index in [9.17, 15) is 0 Å². The van der Waals surface area contributed by atoms with E-state index in [0.29, 0.717) is 5.41 Å². The summed E-state index contributed by atoms with van der Waals surface area (Å²) in [6.07, 6.45) is 1.19. The summed E-state index contributed by atoms with van der Waals surface area (Å²) < 4.78 is 0. The highest BCUT2D eigenvalue weighted by Crippen LogP contribution is 2.25. The van der Waals surface area contributed by atoms with Gasteiger partial charge in [-0.05, 0) is 17.4 Å². The minimum atomic E-state index is 0.335. The molecule has 0 unspecified atom stereocenters. The molecule has 0 saturated heterocycles. The lowest BCUT2D eigenvalue weighted by Crippen LogP contribution is -2.14. The molecule has 1 rings (SSSR count). The fourth-order valence-corrected chi connectivity index (χ4v) is 1.09. The molecule has 0 aliphatic rings. The molecule has 0 N–H and O–H groups in total. The van der Waals surface area contributed by atoms with Crippen molar-refractivity contribution in [2.75, 3.05) is 0 Å². The standard InChI is InChI=1S/C11H16.I2/c1-4-11(2,3)10-8-6-5-7-9-10;1-2/h5-9H,4H2,1-3H3;. The van der Waals surface area contributed by atoms with Gasteiger partial charge >= 0.3 is 0 Å². The van der Waals surface area contributed by atoms with Crippen molar-refractivity contribution in [3.05, 3.63) is 35.9 Å². The van der Waals surface area contributed by atoms with Gasteiger partial charge in [-0.2, -0.15) is 0 Å². The maximum absolute atomic E-state index is 2.28. The Hall–Kier alpha value is 0.680. The summed E-state index contributed by atoms with van der Waals surface area (Å²) in [5.41, 5.74) is 1.77. The molecular formula is C11H16I2. The minimum absolute atomic E-state index is 0.335. The predicted molar refractivity (Wildman–Crippen MR) is 77.8 cm³/mol. The zero-order valence-electron chi connectivity index (χ0n) is 8.35. The Bertz CT molecular complexity index is 217. The maximum Gasteiger partial charge on any atom is 0 e. The van der Waals surface area contributed by atoms with Crippen molar-refractivity contribution < 1.29 is 0 Å². The molecule has 74 valence electrons. The van der Waals surface area contributed by atoms with E-state index in [0.717, 1.165) is 0 Å². The van der Waals surface area contributed by atoms with Gasteiger partial charge < -0.3 is 0 Å². The van der Waals surface area contributed by atoms with Crippen LogP contribution in [-0.2, 0) is 5.41 Å². The van der Waals surface area contributed by atoms with Crippen LogP contribution in [0.25, 0.3) is 0 Å². The summed E-state index contributed by atoms with van der Waals surface area (Å²) in [6, 6.07) is 10.7. The van der Waals surface area contributed by atoms with Crippen molar-refractivity contribution >= 4 is 37.2 Å². The lowest BCUT2D eigenvalue weighted by molar-refractivity contribution is 0.506. The molecule has 0 heterocycles. The van der Waals surface area contributed by atoms with Crippen LogP contribution in [0.4, 0.5) is 0 Å². The molecule has 13 heavy (non-hydrogen) atoms. The van der Waals surface area contributed by atoms with Crippen molar-refractivity contribution in [2.24, 2.45) is 0 Å². The first-order chi connectivity index (χ1) is 6.17. The van der Waals surface area contributed by atoms with E-state index in [1.165, 1.54) is 12.0 Å². The Kier molecular flexibility index (Phi) is 7.40. The molecule has 0 aliphatic heterocycles. The van der Waals surface area contributed by atoms with Gasteiger partial charge in [-0.15, -0.1) is 0 Å². The summed E-state index contributed by atoms with van der Waals surface area (Å²) >= 11 is 4.24. The van der Waals surface area contributed by atoms with E-state index in [4.69, 9.17) is 0 Å². The quantitative estimate of drug-likeness (QED) is 0.601. The van der Waals surface area contributed by atoms with Gasteiger partial charge in [-0.1, -0.05) is 51.1 Å². The zero-order valence-corrected chi connectivity index (χ0v) is 12.7. The molecule has 0 aliphatic carbocycles. The van der Waals surface area contributed by atoms with Crippen LogP contribution in [0.2, 0.25) is 0 Å². The van der Waals surface area contributed by atoms with Gasteiger partial charge in [0.2, 0.25) is 0 Å². The Morgan fingerprint density at radius 1 is 1.08 bits per heavy atom. The van der Waals surface area contributed by atoms with Crippen LogP contribution < -0.4 is 0 Å². The normalized spacial score (nSPS) is 10.2. The smallest absolute Gasteiger partial charge is 0 e. The highest BCUT2D eigenvalue weighted by Gasteiger charge is 2.16. The molecule has 1 aromatic rings. The monoisotopic (exact) mass is 402 g/mol.